The number of nitrogens with zero attached hydrogens (tertiary/aromatic N) is 3. The average Bonchev–Trinajstić information content (AvgIpc) is 3.20. The molecule has 1 aliphatic heterocycles. The van der Waals surface area contributed by atoms with E-state index in [1.165, 1.54) is 6.07 Å². The number of amides is 1. The highest BCUT2D eigenvalue weighted by Crippen LogP contribution is 2.25. The number of anilines is 1. The fourth-order valence-corrected chi connectivity index (χ4v) is 3.99. The molecule has 168 valence electrons. The molecule has 0 bridgehead atoms. The number of aryl methyl sites for hydroxylation is 2. The molecule has 0 atom stereocenters. The number of ether oxygens (including phenoxy) is 1. The minimum Gasteiger partial charge on any atom is -0.497 e. The predicted octanol–water partition coefficient (Wildman–Crippen LogP) is 4.47. The van der Waals surface area contributed by atoms with Gasteiger partial charge in [0.2, 0.25) is 11.8 Å². The molecule has 7 heteroatoms. The molecule has 0 N–H and O–H groups in total. The molecule has 32 heavy (non-hydrogen) atoms. The molecule has 1 saturated heterocycles. The monoisotopic (exact) mass is 437 g/mol. The van der Waals surface area contributed by atoms with Gasteiger partial charge in [0.1, 0.15) is 17.3 Å². The van der Waals surface area contributed by atoms with E-state index in [4.69, 9.17) is 9.15 Å². The summed E-state index contributed by atoms with van der Waals surface area (Å²) in [6, 6.07) is 14.4. The molecule has 1 amide bonds. The fourth-order valence-electron chi connectivity index (χ4n) is 3.99. The van der Waals surface area contributed by atoms with E-state index in [1.807, 2.05) is 47.1 Å². The Bertz CT molecular complexity index is 1060. The number of hydrogen-bond acceptors (Lipinski definition) is 5. The van der Waals surface area contributed by atoms with E-state index in [0.717, 1.165) is 22.8 Å². The SMILES string of the molecule is COc1ccc(-c2nc(CCCC(=O)N3CCN(c4ccccc4F)CC3)c(C)o2)cc1. The number of aromatic nitrogens is 1. The number of halogens is 1. The maximum atomic E-state index is 14.0. The van der Waals surface area contributed by atoms with Crippen LogP contribution >= 0.6 is 0 Å². The summed E-state index contributed by atoms with van der Waals surface area (Å²) in [4.78, 5) is 21.1. The first-order chi connectivity index (χ1) is 15.5. The summed E-state index contributed by atoms with van der Waals surface area (Å²) >= 11 is 0. The van der Waals surface area contributed by atoms with Gasteiger partial charge in [-0.1, -0.05) is 12.1 Å². The third-order valence-electron chi connectivity index (χ3n) is 5.86. The number of carbonyl (C=O) groups is 1. The summed E-state index contributed by atoms with van der Waals surface area (Å²) in [6.07, 6.45) is 1.86. The molecule has 1 aromatic heterocycles. The van der Waals surface area contributed by atoms with Gasteiger partial charge >= 0.3 is 0 Å². The van der Waals surface area contributed by atoms with Gasteiger partial charge in [-0.3, -0.25) is 4.79 Å². The van der Waals surface area contributed by atoms with Crippen LogP contribution in [0, 0.1) is 12.7 Å². The van der Waals surface area contributed by atoms with Crippen molar-refractivity contribution >= 4 is 11.6 Å². The van der Waals surface area contributed by atoms with Gasteiger partial charge in [0.25, 0.3) is 0 Å². The standard InChI is InChI=1S/C25H28FN3O3/c1-18-22(27-25(32-18)19-10-12-20(31-2)13-11-19)7-5-9-24(30)29-16-14-28(15-17-29)23-8-4-3-6-21(23)26/h3-4,6,8,10-13H,5,7,9,14-17H2,1-2H3. The van der Waals surface area contributed by atoms with Gasteiger partial charge < -0.3 is 19.0 Å². The minimum atomic E-state index is -0.218. The van der Waals surface area contributed by atoms with E-state index in [0.29, 0.717) is 57.0 Å². The molecule has 1 aliphatic rings. The van der Waals surface area contributed by atoms with Crippen molar-refractivity contribution in [3.05, 3.63) is 65.8 Å². The van der Waals surface area contributed by atoms with E-state index in [2.05, 4.69) is 4.98 Å². The summed E-state index contributed by atoms with van der Waals surface area (Å²) in [6.45, 7) is 4.40. The van der Waals surface area contributed by atoms with Crippen LogP contribution in [0.2, 0.25) is 0 Å². The highest BCUT2D eigenvalue weighted by Gasteiger charge is 2.22. The van der Waals surface area contributed by atoms with E-state index >= 15 is 0 Å². The van der Waals surface area contributed by atoms with Crippen LogP contribution in [0.5, 0.6) is 5.75 Å². The molecule has 1 fully saturated rings. The van der Waals surface area contributed by atoms with Gasteiger partial charge in [0.15, 0.2) is 0 Å². The van der Waals surface area contributed by atoms with E-state index in [9.17, 15) is 9.18 Å². The first-order valence-electron chi connectivity index (χ1n) is 10.9. The first kappa shape index (κ1) is 21.9. The number of carbonyl (C=O) groups excluding carboxylic acids is 1. The van der Waals surface area contributed by atoms with Crippen LogP contribution in [-0.4, -0.2) is 49.1 Å². The molecule has 2 aromatic carbocycles. The Morgan fingerprint density at radius 2 is 1.81 bits per heavy atom. The van der Waals surface area contributed by atoms with Crippen molar-refractivity contribution in [2.45, 2.75) is 26.2 Å². The molecule has 0 spiro atoms. The van der Waals surface area contributed by atoms with Crippen molar-refractivity contribution in [1.29, 1.82) is 0 Å². The first-order valence-corrected chi connectivity index (χ1v) is 10.9. The van der Waals surface area contributed by atoms with Gasteiger partial charge in [-0.15, -0.1) is 0 Å². The topological polar surface area (TPSA) is 58.8 Å². The molecule has 3 aromatic rings. The average molecular weight is 438 g/mol. The maximum Gasteiger partial charge on any atom is 0.226 e. The van der Waals surface area contributed by atoms with E-state index in [1.54, 1.807) is 19.2 Å². The summed E-state index contributed by atoms with van der Waals surface area (Å²) in [5.74, 6) is 2.06. The lowest BCUT2D eigenvalue weighted by atomic mass is 10.1. The smallest absolute Gasteiger partial charge is 0.226 e. The molecule has 0 radical (unpaired) electrons. The fraction of sp³-hybridized carbons (Fsp3) is 0.360. The Hall–Kier alpha value is -3.35. The molecule has 0 aliphatic carbocycles. The van der Waals surface area contributed by atoms with Crippen LogP contribution in [0.15, 0.2) is 52.9 Å². The number of para-hydroxylation sites is 1. The molecule has 0 unspecified atom stereocenters. The second-order valence-electron chi connectivity index (χ2n) is 7.92. The molecule has 0 saturated carbocycles. The zero-order valence-corrected chi connectivity index (χ0v) is 18.5. The van der Waals surface area contributed by atoms with Crippen molar-refractivity contribution in [3.8, 4) is 17.2 Å². The number of hydrogen-bond donors (Lipinski definition) is 0. The van der Waals surface area contributed by atoms with Crippen LogP contribution < -0.4 is 9.64 Å². The third-order valence-corrected chi connectivity index (χ3v) is 5.86. The molecular formula is C25H28FN3O3. The zero-order valence-electron chi connectivity index (χ0n) is 18.5. The van der Waals surface area contributed by atoms with E-state index < -0.39 is 0 Å². The Morgan fingerprint density at radius 1 is 1.09 bits per heavy atom. The van der Waals surface area contributed by atoms with Crippen molar-refractivity contribution in [3.63, 3.8) is 0 Å². The molecule has 4 rings (SSSR count). The lowest BCUT2D eigenvalue weighted by Crippen LogP contribution is -2.49. The quantitative estimate of drug-likeness (QED) is 0.546. The lowest BCUT2D eigenvalue weighted by molar-refractivity contribution is -0.131. The van der Waals surface area contributed by atoms with Crippen LogP contribution in [-0.2, 0) is 11.2 Å². The van der Waals surface area contributed by atoms with Crippen LogP contribution in [0.4, 0.5) is 10.1 Å². The summed E-state index contributed by atoms with van der Waals surface area (Å²) < 4.78 is 25.0. The number of piperazine rings is 1. The molecule has 6 nitrogen and oxygen atoms in total. The van der Waals surface area contributed by atoms with Crippen LogP contribution in [0.1, 0.15) is 24.3 Å². The number of methoxy groups -OCH3 is 1. The van der Waals surface area contributed by atoms with Gasteiger partial charge in [-0.25, -0.2) is 9.37 Å². The Balaban J connectivity index is 1.26. The number of benzene rings is 2. The van der Waals surface area contributed by atoms with Crippen molar-refractivity contribution < 1.29 is 18.3 Å². The Labute approximate surface area is 187 Å². The normalized spacial score (nSPS) is 14.0. The summed E-state index contributed by atoms with van der Waals surface area (Å²) in [5, 5.41) is 0. The van der Waals surface area contributed by atoms with E-state index in [-0.39, 0.29) is 11.7 Å². The second kappa shape index (κ2) is 9.85. The summed E-state index contributed by atoms with van der Waals surface area (Å²) in [7, 11) is 1.63. The summed E-state index contributed by atoms with van der Waals surface area (Å²) in [5.41, 5.74) is 2.38. The van der Waals surface area contributed by atoms with Crippen molar-refractivity contribution in [2.75, 3.05) is 38.2 Å². The molecular weight excluding hydrogens is 409 g/mol. The highest BCUT2D eigenvalue weighted by atomic mass is 19.1. The van der Waals surface area contributed by atoms with Gasteiger partial charge in [-0.05, 0) is 56.2 Å². The van der Waals surface area contributed by atoms with Crippen molar-refractivity contribution in [2.24, 2.45) is 0 Å². The van der Waals surface area contributed by atoms with Gasteiger partial charge in [0, 0.05) is 38.2 Å². The lowest BCUT2D eigenvalue weighted by Gasteiger charge is -2.36. The maximum absolute atomic E-state index is 14.0. The highest BCUT2D eigenvalue weighted by molar-refractivity contribution is 5.76. The third kappa shape index (κ3) is 4.93. The second-order valence-corrected chi connectivity index (χ2v) is 7.92. The zero-order chi connectivity index (χ0) is 22.5. The number of rotatable bonds is 7. The molecule has 2 heterocycles. The largest absolute Gasteiger partial charge is 0.497 e. The predicted molar refractivity (Wildman–Crippen MR) is 121 cm³/mol. The van der Waals surface area contributed by atoms with Crippen LogP contribution in [0.25, 0.3) is 11.5 Å². The van der Waals surface area contributed by atoms with Gasteiger partial charge in [-0.2, -0.15) is 0 Å². The van der Waals surface area contributed by atoms with Crippen molar-refractivity contribution in [1.82, 2.24) is 9.88 Å². The Morgan fingerprint density at radius 3 is 2.50 bits per heavy atom. The number of oxazole rings is 1. The Kier molecular flexibility index (Phi) is 6.73. The van der Waals surface area contributed by atoms with Crippen LogP contribution in [0.3, 0.4) is 0 Å². The minimum absolute atomic E-state index is 0.134. The van der Waals surface area contributed by atoms with Gasteiger partial charge in [0.05, 0.1) is 18.5 Å².